The molecule has 0 fully saturated rings. The maximum absolute atomic E-state index is 12.4. The summed E-state index contributed by atoms with van der Waals surface area (Å²) in [5, 5.41) is 3.59. The van der Waals surface area contributed by atoms with Crippen molar-refractivity contribution in [3.05, 3.63) is 89.0 Å². The van der Waals surface area contributed by atoms with Gasteiger partial charge in [-0.2, -0.15) is 0 Å². The van der Waals surface area contributed by atoms with Gasteiger partial charge in [0, 0.05) is 36.5 Å². The van der Waals surface area contributed by atoms with Crippen molar-refractivity contribution in [2.24, 2.45) is 0 Å². The van der Waals surface area contributed by atoms with E-state index in [9.17, 15) is 9.59 Å². The van der Waals surface area contributed by atoms with Crippen molar-refractivity contribution in [1.29, 1.82) is 0 Å². The normalized spacial score (nSPS) is 11.7. The number of rotatable bonds is 7. The Balaban J connectivity index is 1.53. The summed E-state index contributed by atoms with van der Waals surface area (Å²) in [6.07, 6.45) is 2.61. The highest BCUT2D eigenvalue weighted by Crippen LogP contribution is 2.31. The second kappa shape index (κ2) is 9.34. The summed E-state index contributed by atoms with van der Waals surface area (Å²) >= 11 is 0. The van der Waals surface area contributed by atoms with E-state index in [0.29, 0.717) is 17.9 Å². The van der Waals surface area contributed by atoms with E-state index in [2.05, 4.69) is 10.3 Å². The molecule has 0 aliphatic heterocycles. The van der Waals surface area contributed by atoms with E-state index < -0.39 is 11.7 Å². The van der Waals surface area contributed by atoms with Gasteiger partial charge in [-0.15, -0.1) is 0 Å². The summed E-state index contributed by atoms with van der Waals surface area (Å²) in [5.74, 6) is 0.905. The molecule has 0 spiro atoms. The lowest BCUT2D eigenvalue weighted by molar-refractivity contribution is -0.127. The second-order valence-electron chi connectivity index (χ2n) is 7.20. The number of carbonyl (C=O) groups is 1. The van der Waals surface area contributed by atoms with Gasteiger partial charge in [-0.1, -0.05) is 12.1 Å². The Hall–Kier alpha value is -4.13. The van der Waals surface area contributed by atoms with Crippen LogP contribution >= 0.6 is 0 Å². The molecule has 7 nitrogen and oxygen atoms in total. The van der Waals surface area contributed by atoms with Crippen LogP contribution in [-0.4, -0.2) is 24.1 Å². The van der Waals surface area contributed by atoms with Gasteiger partial charge < -0.3 is 19.2 Å². The van der Waals surface area contributed by atoms with Crippen LogP contribution in [0.2, 0.25) is 0 Å². The van der Waals surface area contributed by atoms with Crippen molar-refractivity contribution in [1.82, 2.24) is 10.3 Å². The van der Waals surface area contributed by atoms with Gasteiger partial charge in [0.05, 0.1) is 7.11 Å². The first-order valence-corrected chi connectivity index (χ1v) is 10.1. The molecule has 1 N–H and O–H groups in total. The van der Waals surface area contributed by atoms with Crippen LogP contribution in [0.25, 0.3) is 22.1 Å². The predicted molar refractivity (Wildman–Crippen MR) is 121 cm³/mol. The highest BCUT2D eigenvalue weighted by Gasteiger charge is 2.16. The monoisotopic (exact) mass is 430 g/mol. The van der Waals surface area contributed by atoms with E-state index in [1.165, 1.54) is 6.07 Å². The standard InChI is InChI=1S/C25H22N2O5/c1-16(25(29)27-15-17-9-11-26-12-10-17)31-20-7-8-21-22(14-24(28)32-23(21)13-20)18-3-5-19(30-2)6-4-18/h3-14,16H,15H2,1-2H3,(H,27,29)/t16-/m1/s1. The topological polar surface area (TPSA) is 90.7 Å². The number of nitrogens with zero attached hydrogens (tertiary/aromatic N) is 1. The number of amides is 1. The number of methoxy groups -OCH3 is 1. The molecular formula is C25H22N2O5. The van der Waals surface area contributed by atoms with Crippen LogP contribution in [0.4, 0.5) is 0 Å². The molecular weight excluding hydrogens is 408 g/mol. The predicted octanol–water partition coefficient (Wildman–Crippen LogP) is 3.95. The molecule has 2 aromatic carbocycles. The molecule has 0 aliphatic rings. The van der Waals surface area contributed by atoms with Gasteiger partial charge >= 0.3 is 5.63 Å². The quantitative estimate of drug-likeness (QED) is 0.447. The lowest BCUT2D eigenvalue weighted by Gasteiger charge is -2.15. The van der Waals surface area contributed by atoms with Crippen LogP contribution in [0.5, 0.6) is 11.5 Å². The molecule has 0 bridgehead atoms. The van der Waals surface area contributed by atoms with E-state index in [-0.39, 0.29) is 5.91 Å². The third-order valence-electron chi connectivity index (χ3n) is 5.02. The average Bonchev–Trinajstić information content (AvgIpc) is 2.82. The molecule has 4 aromatic rings. The third-order valence-corrected chi connectivity index (χ3v) is 5.02. The fourth-order valence-electron chi connectivity index (χ4n) is 3.32. The molecule has 0 saturated carbocycles. The summed E-state index contributed by atoms with van der Waals surface area (Å²) in [6.45, 7) is 2.04. The van der Waals surface area contributed by atoms with Gasteiger partial charge in [0.2, 0.25) is 0 Å². The SMILES string of the molecule is COc1ccc(-c2cc(=O)oc3cc(O[C@H](C)C(=O)NCc4ccncc4)ccc23)cc1. The zero-order valence-electron chi connectivity index (χ0n) is 17.7. The van der Waals surface area contributed by atoms with Crippen molar-refractivity contribution in [3.8, 4) is 22.6 Å². The van der Waals surface area contributed by atoms with Crippen molar-refractivity contribution in [2.45, 2.75) is 19.6 Å². The first-order chi connectivity index (χ1) is 15.5. The fourth-order valence-corrected chi connectivity index (χ4v) is 3.32. The fraction of sp³-hybridized carbons (Fsp3) is 0.160. The van der Waals surface area contributed by atoms with Crippen LogP contribution in [-0.2, 0) is 11.3 Å². The zero-order valence-corrected chi connectivity index (χ0v) is 17.7. The number of carbonyl (C=O) groups excluding carboxylic acids is 1. The maximum atomic E-state index is 12.4. The average molecular weight is 430 g/mol. The lowest BCUT2D eigenvalue weighted by Crippen LogP contribution is -2.35. The van der Waals surface area contributed by atoms with Gasteiger partial charge in [-0.05, 0) is 60.0 Å². The number of hydrogen-bond donors (Lipinski definition) is 1. The van der Waals surface area contributed by atoms with E-state index in [1.807, 2.05) is 42.5 Å². The Morgan fingerprint density at radius 1 is 1.03 bits per heavy atom. The van der Waals surface area contributed by atoms with E-state index in [4.69, 9.17) is 13.9 Å². The van der Waals surface area contributed by atoms with Gasteiger partial charge in [0.1, 0.15) is 17.1 Å². The van der Waals surface area contributed by atoms with Crippen molar-refractivity contribution in [3.63, 3.8) is 0 Å². The molecule has 1 amide bonds. The number of nitrogens with one attached hydrogen (secondary N) is 1. The summed E-state index contributed by atoms with van der Waals surface area (Å²) in [7, 11) is 1.60. The van der Waals surface area contributed by atoms with E-state index >= 15 is 0 Å². The van der Waals surface area contributed by atoms with Crippen LogP contribution in [0.1, 0.15) is 12.5 Å². The molecule has 2 heterocycles. The Morgan fingerprint density at radius 2 is 1.75 bits per heavy atom. The Morgan fingerprint density at radius 3 is 2.47 bits per heavy atom. The number of aromatic nitrogens is 1. The van der Waals surface area contributed by atoms with Gasteiger partial charge in [-0.3, -0.25) is 9.78 Å². The summed E-state index contributed by atoms with van der Waals surface area (Å²) in [5.41, 5.74) is 2.46. The highest BCUT2D eigenvalue weighted by atomic mass is 16.5. The van der Waals surface area contributed by atoms with Crippen LogP contribution < -0.4 is 20.4 Å². The number of pyridine rings is 1. The summed E-state index contributed by atoms with van der Waals surface area (Å²) in [6, 6.07) is 17.7. The molecule has 1 atom stereocenters. The van der Waals surface area contributed by atoms with Crippen molar-refractivity contribution < 1.29 is 18.7 Å². The summed E-state index contributed by atoms with van der Waals surface area (Å²) in [4.78, 5) is 28.5. The minimum Gasteiger partial charge on any atom is -0.497 e. The van der Waals surface area contributed by atoms with Crippen molar-refractivity contribution >= 4 is 16.9 Å². The Kier molecular flexibility index (Phi) is 6.17. The molecule has 4 rings (SSSR count). The van der Waals surface area contributed by atoms with Gasteiger partial charge in [-0.25, -0.2) is 4.79 Å². The molecule has 162 valence electrons. The highest BCUT2D eigenvalue weighted by molar-refractivity contribution is 5.94. The molecule has 32 heavy (non-hydrogen) atoms. The number of ether oxygens (including phenoxy) is 2. The largest absolute Gasteiger partial charge is 0.497 e. The molecule has 0 saturated heterocycles. The molecule has 2 aromatic heterocycles. The second-order valence-corrected chi connectivity index (χ2v) is 7.20. The summed E-state index contributed by atoms with van der Waals surface area (Å²) < 4.78 is 16.4. The molecule has 0 unspecified atom stereocenters. The maximum Gasteiger partial charge on any atom is 0.336 e. The van der Waals surface area contributed by atoms with Gasteiger partial charge in [0.15, 0.2) is 6.10 Å². The smallest absolute Gasteiger partial charge is 0.336 e. The number of fused-ring (bicyclic) bond motifs is 1. The van der Waals surface area contributed by atoms with E-state index in [1.54, 1.807) is 38.6 Å². The van der Waals surface area contributed by atoms with Crippen LogP contribution in [0.15, 0.2) is 82.3 Å². The van der Waals surface area contributed by atoms with Gasteiger partial charge in [0.25, 0.3) is 5.91 Å². The molecule has 0 aliphatic carbocycles. The number of benzene rings is 2. The molecule has 7 heteroatoms. The van der Waals surface area contributed by atoms with Crippen molar-refractivity contribution in [2.75, 3.05) is 7.11 Å². The van der Waals surface area contributed by atoms with Crippen LogP contribution in [0.3, 0.4) is 0 Å². The zero-order chi connectivity index (χ0) is 22.5. The Bertz CT molecular complexity index is 1280. The first kappa shape index (κ1) is 21.1. The van der Waals surface area contributed by atoms with E-state index in [0.717, 1.165) is 27.8 Å². The minimum absolute atomic E-state index is 0.254. The third kappa shape index (κ3) is 4.78. The Labute approximate surface area is 184 Å². The number of hydrogen-bond acceptors (Lipinski definition) is 6. The minimum atomic E-state index is -0.731. The molecule has 0 radical (unpaired) electrons. The van der Waals surface area contributed by atoms with Crippen LogP contribution in [0, 0.1) is 0 Å². The first-order valence-electron chi connectivity index (χ1n) is 10.1. The lowest BCUT2D eigenvalue weighted by atomic mass is 10.0.